The quantitative estimate of drug-likeness (QED) is 0.429. The van der Waals surface area contributed by atoms with Crippen molar-refractivity contribution in [1.82, 2.24) is 0 Å². The van der Waals surface area contributed by atoms with Gasteiger partial charge in [0.05, 0.1) is 6.61 Å². The highest BCUT2D eigenvalue weighted by molar-refractivity contribution is 7.15. The minimum Gasteiger partial charge on any atom is -0.462 e. The summed E-state index contributed by atoms with van der Waals surface area (Å²) in [4.78, 5) is 25.2. The van der Waals surface area contributed by atoms with Gasteiger partial charge in [0.25, 0.3) is 0 Å². The number of carbonyl (C=O) groups is 2. The Hall–Kier alpha value is -2.63. The fraction of sp³-hybridized carbons (Fsp3) is 0.250. The zero-order chi connectivity index (χ0) is 21.7. The molecular formula is C24H24ClNO3S. The third-order valence-electron chi connectivity index (χ3n) is 4.90. The number of halogens is 1. The molecule has 0 atom stereocenters. The number of esters is 1. The second kappa shape index (κ2) is 9.92. The summed E-state index contributed by atoms with van der Waals surface area (Å²) in [5.41, 5.74) is 5.46. The SMILES string of the molecule is CCOC(=O)c1c(-c2ccc(C)c(C)c2)csc1NC(=O)CCc1ccc(Cl)cc1. The molecule has 0 radical (unpaired) electrons. The molecule has 0 aliphatic heterocycles. The average molecular weight is 442 g/mol. The number of anilines is 1. The third-order valence-corrected chi connectivity index (χ3v) is 6.04. The first kappa shape index (κ1) is 22.1. The van der Waals surface area contributed by atoms with Gasteiger partial charge >= 0.3 is 5.97 Å². The van der Waals surface area contributed by atoms with Crippen LogP contribution in [0.4, 0.5) is 5.00 Å². The average Bonchev–Trinajstić information content (AvgIpc) is 3.13. The summed E-state index contributed by atoms with van der Waals surface area (Å²) in [6, 6.07) is 13.5. The molecule has 6 heteroatoms. The van der Waals surface area contributed by atoms with Crippen LogP contribution in [0.15, 0.2) is 47.8 Å². The summed E-state index contributed by atoms with van der Waals surface area (Å²) in [5, 5.41) is 5.98. The maximum absolute atomic E-state index is 12.7. The highest BCUT2D eigenvalue weighted by Gasteiger charge is 2.23. The molecule has 0 aliphatic rings. The van der Waals surface area contributed by atoms with Gasteiger partial charge < -0.3 is 10.1 Å². The molecule has 1 amide bonds. The molecule has 30 heavy (non-hydrogen) atoms. The molecule has 0 unspecified atom stereocenters. The van der Waals surface area contributed by atoms with Crippen LogP contribution in [-0.4, -0.2) is 18.5 Å². The number of hydrogen-bond acceptors (Lipinski definition) is 4. The Kier molecular flexibility index (Phi) is 7.29. The Morgan fingerprint density at radius 1 is 1.07 bits per heavy atom. The van der Waals surface area contributed by atoms with E-state index < -0.39 is 5.97 Å². The van der Waals surface area contributed by atoms with E-state index in [4.69, 9.17) is 16.3 Å². The molecule has 0 spiro atoms. The van der Waals surface area contributed by atoms with Gasteiger partial charge in [0.2, 0.25) is 5.91 Å². The molecule has 156 valence electrons. The molecule has 1 heterocycles. The van der Waals surface area contributed by atoms with Gasteiger partial charge in [-0.1, -0.05) is 41.9 Å². The van der Waals surface area contributed by atoms with Gasteiger partial charge in [-0.05, 0) is 61.6 Å². The largest absolute Gasteiger partial charge is 0.462 e. The van der Waals surface area contributed by atoms with Gasteiger partial charge in [0, 0.05) is 22.4 Å². The normalized spacial score (nSPS) is 10.7. The van der Waals surface area contributed by atoms with Crippen molar-refractivity contribution in [3.05, 3.63) is 75.1 Å². The van der Waals surface area contributed by atoms with Crippen LogP contribution in [0.2, 0.25) is 5.02 Å². The zero-order valence-corrected chi connectivity index (χ0v) is 18.8. The van der Waals surface area contributed by atoms with Crippen molar-refractivity contribution in [2.75, 3.05) is 11.9 Å². The maximum Gasteiger partial charge on any atom is 0.341 e. The van der Waals surface area contributed by atoms with Crippen molar-refractivity contribution in [2.24, 2.45) is 0 Å². The van der Waals surface area contributed by atoms with Crippen LogP contribution >= 0.6 is 22.9 Å². The Balaban J connectivity index is 1.82. The van der Waals surface area contributed by atoms with E-state index in [0.717, 1.165) is 22.3 Å². The molecule has 4 nitrogen and oxygen atoms in total. The number of thiophene rings is 1. The van der Waals surface area contributed by atoms with Gasteiger partial charge in [-0.2, -0.15) is 0 Å². The van der Waals surface area contributed by atoms with E-state index in [2.05, 4.69) is 5.32 Å². The number of benzene rings is 2. The van der Waals surface area contributed by atoms with Crippen molar-refractivity contribution >= 4 is 39.8 Å². The summed E-state index contributed by atoms with van der Waals surface area (Å²) < 4.78 is 5.27. The third kappa shape index (κ3) is 5.29. The van der Waals surface area contributed by atoms with Gasteiger partial charge in [0.15, 0.2) is 0 Å². The second-order valence-corrected chi connectivity index (χ2v) is 8.36. The van der Waals surface area contributed by atoms with Crippen molar-refractivity contribution in [3.63, 3.8) is 0 Å². The smallest absolute Gasteiger partial charge is 0.341 e. The predicted octanol–water partition coefficient (Wildman–Crippen LogP) is 6.43. The van der Waals surface area contributed by atoms with Crippen molar-refractivity contribution in [3.8, 4) is 11.1 Å². The number of aryl methyl sites for hydroxylation is 3. The highest BCUT2D eigenvalue weighted by atomic mass is 35.5. The van der Waals surface area contributed by atoms with Crippen LogP contribution in [0, 0.1) is 13.8 Å². The molecule has 0 saturated heterocycles. The molecule has 0 bridgehead atoms. The fourth-order valence-corrected chi connectivity index (χ4v) is 4.17. The van der Waals surface area contributed by atoms with Crippen LogP contribution in [0.25, 0.3) is 11.1 Å². The number of carbonyl (C=O) groups excluding carboxylic acids is 2. The lowest BCUT2D eigenvalue weighted by Crippen LogP contribution is -2.15. The van der Waals surface area contributed by atoms with Crippen molar-refractivity contribution in [1.29, 1.82) is 0 Å². The van der Waals surface area contributed by atoms with Crippen LogP contribution in [0.1, 0.15) is 40.4 Å². The van der Waals surface area contributed by atoms with Gasteiger partial charge in [-0.15, -0.1) is 11.3 Å². The first-order chi connectivity index (χ1) is 14.4. The summed E-state index contributed by atoms with van der Waals surface area (Å²) in [6.45, 7) is 6.12. The number of hydrogen-bond donors (Lipinski definition) is 1. The second-order valence-electron chi connectivity index (χ2n) is 7.05. The number of amides is 1. The van der Waals surface area contributed by atoms with E-state index in [9.17, 15) is 9.59 Å². The Morgan fingerprint density at radius 3 is 2.47 bits per heavy atom. The van der Waals surface area contributed by atoms with Gasteiger partial charge in [-0.25, -0.2) is 4.79 Å². The van der Waals surface area contributed by atoms with E-state index in [1.54, 1.807) is 6.92 Å². The van der Waals surface area contributed by atoms with E-state index >= 15 is 0 Å². The standard InChI is InChI=1S/C24H24ClNO3S/c1-4-29-24(28)22-20(18-9-5-15(2)16(3)13-18)14-30-23(22)26-21(27)12-8-17-6-10-19(25)11-7-17/h5-7,9-11,13-14H,4,8,12H2,1-3H3,(H,26,27). The molecule has 0 fully saturated rings. The molecule has 3 rings (SSSR count). The monoisotopic (exact) mass is 441 g/mol. The van der Waals surface area contributed by atoms with Crippen LogP contribution in [-0.2, 0) is 16.0 Å². The summed E-state index contributed by atoms with van der Waals surface area (Å²) in [5.74, 6) is -0.580. The molecule has 1 aromatic heterocycles. The van der Waals surface area contributed by atoms with E-state index in [1.807, 2.05) is 61.7 Å². The van der Waals surface area contributed by atoms with E-state index in [-0.39, 0.29) is 12.5 Å². The lowest BCUT2D eigenvalue weighted by molar-refractivity contribution is -0.116. The molecule has 0 saturated carbocycles. The first-order valence-corrected chi connectivity index (χ1v) is 11.0. The van der Waals surface area contributed by atoms with Crippen LogP contribution in [0.5, 0.6) is 0 Å². The minimum absolute atomic E-state index is 0.149. The number of ether oxygens (including phenoxy) is 1. The summed E-state index contributed by atoms with van der Waals surface area (Å²) >= 11 is 7.24. The van der Waals surface area contributed by atoms with Crippen molar-refractivity contribution in [2.45, 2.75) is 33.6 Å². The highest BCUT2D eigenvalue weighted by Crippen LogP contribution is 2.37. The molecular weight excluding hydrogens is 418 g/mol. The lowest BCUT2D eigenvalue weighted by Gasteiger charge is -2.10. The molecule has 0 aliphatic carbocycles. The Labute approximate surface area is 185 Å². The number of nitrogens with one attached hydrogen (secondary N) is 1. The Morgan fingerprint density at radius 2 is 1.80 bits per heavy atom. The Bertz CT molecular complexity index is 1060. The van der Waals surface area contributed by atoms with Crippen LogP contribution in [0.3, 0.4) is 0 Å². The van der Waals surface area contributed by atoms with E-state index in [1.165, 1.54) is 16.9 Å². The van der Waals surface area contributed by atoms with Crippen LogP contribution < -0.4 is 5.32 Å². The summed E-state index contributed by atoms with van der Waals surface area (Å²) in [6.07, 6.45) is 0.897. The fourth-order valence-electron chi connectivity index (χ4n) is 3.08. The van der Waals surface area contributed by atoms with E-state index in [0.29, 0.717) is 28.4 Å². The molecule has 1 N–H and O–H groups in total. The minimum atomic E-state index is -0.431. The number of rotatable bonds is 7. The van der Waals surface area contributed by atoms with Crippen molar-refractivity contribution < 1.29 is 14.3 Å². The summed E-state index contributed by atoms with van der Waals surface area (Å²) in [7, 11) is 0. The first-order valence-electron chi connectivity index (χ1n) is 9.79. The topological polar surface area (TPSA) is 55.4 Å². The zero-order valence-electron chi connectivity index (χ0n) is 17.3. The molecule has 2 aromatic carbocycles. The maximum atomic E-state index is 12.7. The van der Waals surface area contributed by atoms with Gasteiger partial charge in [-0.3, -0.25) is 4.79 Å². The lowest BCUT2D eigenvalue weighted by atomic mass is 9.99. The predicted molar refractivity (Wildman–Crippen MR) is 124 cm³/mol. The van der Waals surface area contributed by atoms with Gasteiger partial charge in [0.1, 0.15) is 10.6 Å². The molecule has 3 aromatic rings.